The molecule has 3 saturated carbocycles. The van der Waals surface area contributed by atoms with Crippen LogP contribution < -0.4 is 0 Å². The number of rotatable bonds is 1. The molecule has 4 unspecified atom stereocenters. The first-order valence-electron chi connectivity index (χ1n) is 6.91. The van der Waals surface area contributed by atoms with Gasteiger partial charge >= 0.3 is 12.4 Å². The van der Waals surface area contributed by atoms with Crippen molar-refractivity contribution in [3.8, 4) is 0 Å². The largest absolute Gasteiger partial charge is 0.426 e. The van der Waals surface area contributed by atoms with Crippen LogP contribution in [0.15, 0.2) is 0 Å². The van der Waals surface area contributed by atoms with Crippen molar-refractivity contribution in [3.05, 3.63) is 0 Å². The lowest BCUT2D eigenvalue weighted by atomic mass is 9.82. The van der Waals surface area contributed by atoms with E-state index in [1.54, 1.807) is 0 Å². The highest BCUT2D eigenvalue weighted by Crippen LogP contribution is 2.64. The van der Waals surface area contributed by atoms with E-state index in [1.807, 2.05) is 0 Å². The van der Waals surface area contributed by atoms with Gasteiger partial charge in [0.1, 0.15) is 0 Å². The minimum Gasteiger partial charge on any atom is -0.373 e. The summed E-state index contributed by atoms with van der Waals surface area (Å²) in [6, 6.07) is 0. The number of aliphatic hydroxyl groups is 1. The second-order valence-corrected chi connectivity index (χ2v) is 6.59. The fraction of sp³-hybridized carbons (Fsp3) is 1.00. The van der Waals surface area contributed by atoms with Gasteiger partial charge in [0.25, 0.3) is 5.60 Å². The molecule has 0 spiro atoms. The van der Waals surface area contributed by atoms with Gasteiger partial charge in [-0.05, 0) is 55.8 Å². The fourth-order valence-electron chi connectivity index (χ4n) is 4.98. The van der Waals surface area contributed by atoms with Gasteiger partial charge in [0.15, 0.2) is 0 Å². The average molecular weight is 302 g/mol. The Labute approximate surface area is 112 Å². The standard InChI is InChI=1S/C13H16F6O/c14-12(15,16)11(20,13(17,18)19)8-4-9-6-1-2-7(3-6)10(9)5-8/h6-10,20H,1-5H2. The zero-order chi connectivity index (χ0) is 14.9. The van der Waals surface area contributed by atoms with Gasteiger partial charge in [0.05, 0.1) is 0 Å². The number of alkyl halides is 6. The predicted octanol–water partition coefficient (Wildman–Crippen LogP) is 3.91. The molecule has 116 valence electrons. The topological polar surface area (TPSA) is 20.2 Å². The van der Waals surface area contributed by atoms with Gasteiger partial charge in [-0.1, -0.05) is 0 Å². The third kappa shape index (κ3) is 1.74. The fourth-order valence-corrected chi connectivity index (χ4v) is 4.98. The Morgan fingerprint density at radius 3 is 1.45 bits per heavy atom. The zero-order valence-electron chi connectivity index (χ0n) is 10.6. The molecule has 0 saturated heterocycles. The van der Waals surface area contributed by atoms with Crippen LogP contribution in [0.1, 0.15) is 32.1 Å². The molecule has 0 heterocycles. The molecule has 1 N–H and O–H groups in total. The van der Waals surface area contributed by atoms with Crippen LogP contribution in [0.2, 0.25) is 0 Å². The molecule has 0 aliphatic heterocycles. The maximum atomic E-state index is 12.9. The monoisotopic (exact) mass is 302 g/mol. The summed E-state index contributed by atoms with van der Waals surface area (Å²) in [5.41, 5.74) is -4.55. The summed E-state index contributed by atoms with van der Waals surface area (Å²) < 4.78 is 77.2. The lowest BCUT2D eigenvalue weighted by Gasteiger charge is -2.37. The molecule has 20 heavy (non-hydrogen) atoms. The molecule has 0 radical (unpaired) electrons. The van der Waals surface area contributed by atoms with Crippen molar-refractivity contribution in [3.63, 3.8) is 0 Å². The molecular formula is C13H16F6O. The molecule has 3 aliphatic carbocycles. The molecule has 2 bridgehead atoms. The summed E-state index contributed by atoms with van der Waals surface area (Å²) in [4.78, 5) is 0. The number of halogens is 6. The van der Waals surface area contributed by atoms with E-state index in [9.17, 15) is 31.4 Å². The molecule has 0 amide bonds. The highest BCUT2D eigenvalue weighted by molar-refractivity contribution is 5.09. The van der Waals surface area contributed by atoms with E-state index < -0.39 is 23.9 Å². The first kappa shape index (κ1) is 14.5. The molecular weight excluding hydrogens is 286 g/mol. The van der Waals surface area contributed by atoms with E-state index in [0.29, 0.717) is 0 Å². The van der Waals surface area contributed by atoms with Crippen LogP contribution in [0, 0.1) is 29.6 Å². The van der Waals surface area contributed by atoms with E-state index in [-0.39, 0.29) is 36.5 Å². The molecule has 4 atom stereocenters. The van der Waals surface area contributed by atoms with E-state index in [1.165, 1.54) is 0 Å². The second kappa shape index (κ2) is 4.05. The summed E-state index contributed by atoms with van der Waals surface area (Å²) in [5.74, 6) is -1.34. The number of fused-ring (bicyclic) bond motifs is 5. The quantitative estimate of drug-likeness (QED) is 0.728. The molecule has 0 aromatic rings. The molecule has 7 heteroatoms. The van der Waals surface area contributed by atoms with Crippen LogP contribution >= 0.6 is 0 Å². The maximum absolute atomic E-state index is 12.9. The van der Waals surface area contributed by atoms with Crippen LogP contribution in [-0.4, -0.2) is 23.1 Å². The van der Waals surface area contributed by atoms with Crippen molar-refractivity contribution < 1.29 is 31.4 Å². The van der Waals surface area contributed by atoms with Crippen molar-refractivity contribution in [2.75, 3.05) is 0 Å². The van der Waals surface area contributed by atoms with Gasteiger partial charge in [-0.15, -0.1) is 0 Å². The van der Waals surface area contributed by atoms with Crippen molar-refractivity contribution in [2.24, 2.45) is 29.6 Å². The SMILES string of the molecule is OC(C1CC2C3CCC(C3)C2C1)(C(F)(F)F)C(F)(F)F. The Morgan fingerprint density at radius 2 is 1.10 bits per heavy atom. The van der Waals surface area contributed by atoms with E-state index in [2.05, 4.69) is 0 Å². The normalized spacial score (nSPS) is 41.2. The smallest absolute Gasteiger partial charge is 0.373 e. The van der Waals surface area contributed by atoms with Crippen molar-refractivity contribution in [2.45, 2.75) is 50.1 Å². The molecule has 3 fully saturated rings. The van der Waals surface area contributed by atoms with Crippen molar-refractivity contribution >= 4 is 0 Å². The molecule has 1 nitrogen and oxygen atoms in total. The van der Waals surface area contributed by atoms with Gasteiger partial charge in [-0.2, -0.15) is 26.3 Å². The third-order valence-corrected chi connectivity index (χ3v) is 5.84. The Kier molecular flexibility index (Phi) is 2.93. The number of hydrogen-bond acceptors (Lipinski definition) is 1. The average Bonchev–Trinajstić information content (AvgIpc) is 2.96. The van der Waals surface area contributed by atoms with Gasteiger partial charge in [-0.25, -0.2) is 0 Å². The van der Waals surface area contributed by atoms with Crippen LogP contribution in [-0.2, 0) is 0 Å². The number of hydrogen-bond donors (Lipinski definition) is 1. The summed E-state index contributed by atoms with van der Waals surface area (Å²) in [7, 11) is 0. The Bertz CT molecular complexity index is 369. The van der Waals surface area contributed by atoms with E-state index in [0.717, 1.165) is 19.3 Å². The highest BCUT2D eigenvalue weighted by Gasteiger charge is 2.75. The molecule has 3 rings (SSSR count). The lowest BCUT2D eigenvalue weighted by Crippen LogP contribution is -2.61. The van der Waals surface area contributed by atoms with Crippen molar-refractivity contribution in [1.82, 2.24) is 0 Å². The molecule has 0 aromatic heterocycles. The maximum Gasteiger partial charge on any atom is 0.426 e. The van der Waals surface area contributed by atoms with E-state index >= 15 is 0 Å². The third-order valence-electron chi connectivity index (χ3n) is 5.84. The summed E-state index contributed by atoms with van der Waals surface area (Å²) >= 11 is 0. The minimum atomic E-state index is -5.67. The summed E-state index contributed by atoms with van der Waals surface area (Å²) in [5, 5.41) is 9.48. The Morgan fingerprint density at radius 1 is 0.700 bits per heavy atom. The van der Waals surface area contributed by atoms with Gasteiger partial charge in [0.2, 0.25) is 0 Å². The highest BCUT2D eigenvalue weighted by atomic mass is 19.4. The van der Waals surface area contributed by atoms with Crippen LogP contribution in [0.4, 0.5) is 26.3 Å². The summed E-state index contributed by atoms with van der Waals surface area (Å²) in [6.45, 7) is 0. The van der Waals surface area contributed by atoms with Gasteiger partial charge in [-0.3, -0.25) is 0 Å². The first-order chi connectivity index (χ1) is 9.05. The zero-order valence-corrected chi connectivity index (χ0v) is 10.6. The molecule has 0 aromatic carbocycles. The molecule has 3 aliphatic rings. The lowest BCUT2D eigenvalue weighted by molar-refractivity contribution is -0.385. The van der Waals surface area contributed by atoms with Gasteiger partial charge < -0.3 is 5.11 Å². The first-order valence-corrected chi connectivity index (χ1v) is 6.91. The minimum absolute atomic E-state index is 0.0602. The Balaban J connectivity index is 1.88. The van der Waals surface area contributed by atoms with Crippen LogP contribution in [0.3, 0.4) is 0 Å². The van der Waals surface area contributed by atoms with Crippen LogP contribution in [0.5, 0.6) is 0 Å². The predicted molar refractivity (Wildman–Crippen MR) is 57.6 cm³/mol. The summed E-state index contributed by atoms with van der Waals surface area (Å²) in [6.07, 6.45) is -8.88. The van der Waals surface area contributed by atoms with Crippen molar-refractivity contribution in [1.29, 1.82) is 0 Å². The van der Waals surface area contributed by atoms with E-state index in [4.69, 9.17) is 0 Å². The van der Waals surface area contributed by atoms with Gasteiger partial charge in [0, 0.05) is 5.92 Å². The second-order valence-electron chi connectivity index (χ2n) is 6.59. The van der Waals surface area contributed by atoms with Crippen LogP contribution in [0.25, 0.3) is 0 Å². The Hall–Kier alpha value is -0.460.